The molecule has 0 bridgehead atoms. The summed E-state index contributed by atoms with van der Waals surface area (Å²) >= 11 is 5.04. The third-order valence-corrected chi connectivity index (χ3v) is 2.92. The number of nitrogens with zero attached hydrogens (tertiary/aromatic N) is 1. The van der Waals surface area contributed by atoms with E-state index < -0.39 is 0 Å². The second kappa shape index (κ2) is 5.65. The van der Waals surface area contributed by atoms with Gasteiger partial charge in [-0.25, -0.2) is 4.31 Å². The number of aliphatic hydroxyl groups is 1. The van der Waals surface area contributed by atoms with Crippen LogP contribution >= 0.6 is 27.9 Å². The summed E-state index contributed by atoms with van der Waals surface area (Å²) < 4.78 is 3.08. The number of rotatable bonds is 4. The third kappa shape index (κ3) is 4.13. The molecule has 1 rings (SSSR count). The fraction of sp³-hybridized carbons (Fsp3) is 0.333. The number of halogens is 1. The predicted molar refractivity (Wildman–Crippen MR) is 59.7 cm³/mol. The third-order valence-electron chi connectivity index (χ3n) is 1.47. The van der Waals surface area contributed by atoms with Crippen LogP contribution in [0.2, 0.25) is 0 Å². The molecule has 0 amide bonds. The van der Waals surface area contributed by atoms with Gasteiger partial charge in [0.1, 0.15) is 0 Å². The average Bonchev–Trinajstić information content (AvgIpc) is 2.04. The van der Waals surface area contributed by atoms with Crippen molar-refractivity contribution in [2.45, 2.75) is 4.90 Å². The molecule has 0 aliphatic rings. The largest absolute Gasteiger partial charge is 0.395 e. The van der Waals surface area contributed by atoms with Crippen LogP contribution in [0.3, 0.4) is 0 Å². The molecule has 0 heterocycles. The number of likely N-dealkylation sites (N-methyl/N-ethyl adjacent to an activating group) is 1. The molecule has 0 fully saturated rings. The molecule has 0 saturated carbocycles. The summed E-state index contributed by atoms with van der Waals surface area (Å²) in [5.41, 5.74) is 0. The lowest BCUT2D eigenvalue weighted by Crippen LogP contribution is -2.13. The van der Waals surface area contributed by atoms with E-state index in [0.717, 1.165) is 4.47 Å². The van der Waals surface area contributed by atoms with Crippen LogP contribution < -0.4 is 0 Å². The van der Waals surface area contributed by atoms with E-state index in [2.05, 4.69) is 22.0 Å². The average molecular weight is 262 g/mol. The highest BCUT2D eigenvalue weighted by molar-refractivity contribution is 9.10. The number of hydrogen-bond donors (Lipinski definition) is 1. The lowest BCUT2D eigenvalue weighted by Gasteiger charge is -2.13. The van der Waals surface area contributed by atoms with Crippen LogP contribution in [-0.2, 0) is 0 Å². The van der Waals surface area contributed by atoms with Crippen molar-refractivity contribution in [3.63, 3.8) is 0 Å². The molecule has 13 heavy (non-hydrogen) atoms. The normalized spacial score (nSPS) is 10.8. The maximum atomic E-state index is 8.71. The molecular formula is C9H12BrNOS. The predicted octanol–water partition coefficient (Wildman–Crippen LogP) is 2.38. The van der Waals surface area contributed by atoms with E-state index in [9.17, 15) is 0 Å². The maximum absolute atomic E-state index is 8.71. The summed E-state index contributed by atoms with van der Waals surface area (Å²) in [4.78, 5) is 1.17. The van der Waals surface area contributed by atoms with E-state index in [4.69, 9.17) is 5.11 Å². The highest BCUT2D eigenvalue weighted by atomic mass is 79.9. The summed E-state index contributed by atoms with van der Waals surface area (Å²) in [6, 6.07) is 8.09. The molecule has 0 aliphatic carbocycles. The molecule has 0 spiro atoms. The fourth-order valence-corrected chi connectivity index (χ4v) is 2.29. The first-order valence-corrected chi connectivity index (χ1v) is 5.54. The highest BCUT2D eigenvalue weighted by Gasteiger charge is 2.00. The molecular weight excluding hydrogens is 250 g/mol. The minimum absolute atomic E-state index is 0.192. The Kier molecular flexibility index (Phi) is 4.80. The van der Waals surface area contributed by atoms with Gasteiger partial charge in [-0.05, 0) is 37.2 Å². The fourth-order valence-electron chi connectivity index (χ4n) is 0.890. The Morgan fingerprint density at radius 2 is 2.31 bits per heavy atom. The van der Waals surface area contributed by atoms with E-state index in [-0.39, 0.29) is 6.61 Å². The van der Waals surface area contributed by atoms with Gasteiger partial charge in [0, 0.05) is 15.9 Å². The Bertz CT molecular complexity index is 270. The Morgan fingerprint density at radius 1 is 1.54 bits per heavy atom. The molecule has 0 radical (unpaired) electrons. The van der Waals surface area contributed by atoms with Crippen LogP contribution in [0.25, 0.3) is 0 Å². The van der Waals surface area contributed by atoms with E-state index in [1.807, 2.05) is 29.6 Å². The topological polar surface area (TPSA) is 23.5 Å². The Morgan fingerprint density at radius 3 is 2.92 bits per heavy atom. The van der Waals surface area contributed by atoms with Gasteiger partial charge in [-0.2, -0.15) is 0 Å². The zero-order chi connectivity index (χ0) is 9.68. The van der Waals surface area contributed by atoms with Crippen molar-refractivity contribution in [3.05, 3.63) is 28.7 Å². The van der Waals surface area contributed by atoms with Crippen LogP contribution in [0.15, 0.2) is 33.6 Å². The summed E-state index contributed by atoms with van der Waals surface area (Å²) in [5, 5.41) is 8.71. The van der Waals surface area contributed by atoms with Crippen molar-refractivity contribution in [3.8, 4) is 0 Å². The molecule has 1 aromatic carbocycles. The van der Waals surface area contributed by atoms with Gasteiger partial charge in [0.15, 0.2) is 0 Å². The van der Waals surface area contributed by atoms with Crippen molar-refractivity contribution < 1.29 is 5.11 Å². The van der Waals surface area contributed by atoms with Crippen LogP contribution in [-0.4, -0.2) is 29.6 Å². The van der Waals surface area contributed by atoms with Crippen molar-refractivity contribution in [2.75, 3.05) is 20.2 Å². The second-order valence-electron chi connectivity index (χ2n) is 2.62. The Labute approximate surface area is 91.2 Å². The lowest BCUT2D eigenvalue weighted by atomic mass is 10.4. The van der Waals surface area contributed by atoms with Crippen LogP contribution in [0.5, 0.6) is 0 Å². The minimum Gasteiger partial charge on any atom is -0.395 e. The highest BCUT2D eigenvalue weighted by Crippen LogP contribution is 2.23. The van der Waals surface area contributed by atoms with Crippen molar-refractivity contribution in [2.24, 2.45) is 0 Å². The first-order chi connectivity index (χ1) is 6.22. The molecule has 2 nitrogen and oxygen atoms in total. The van der Waals surface area contributed by atoms with Gasteiger partial charge in [-0.15, -0.1) is 0 Å². The maximum Gasteiger partial charge on any atom is 0.0567 e. The Hall–Kier alpha value is -0.0300. The number of benzene rings is 1. The summed E-state index contributed by atoms with van der Waals surface area (Å²) in [6.07, 6.45) is 0. The van der Waals surface area contributed by atoms with Gasteiger partial charge in [0.25, 0.3) is 0 Å². The van der Waals surface area contributed by atoms with E-state index in [1.165, 1.54) is 4.90 Å². The van der Waals surface area contributed by atoms with Gasteiger partial charge < -0.3 is 5.11 Å². The zero-order valence-electron chi connectivity index (χ0n) is 7.40. The number of aliphatic hydroxyl groups excluding tert-OH is 1. The van der Waals surface area contributed by atoms with Gasteiger partial charge in [0.05, 0.1) is 6.61 Å². The first-order valence-electron chi connectivity index (χ1n) is 3.98. The zero-order valence-corrected chi connectivity index (χ0v) is 9.81. The molecule has 0 aromatic heterocycles. The molecule has 4 heteroatoms. The van der Waals surface area contributed by atoms with Crippen molar-refractivity contribution in [1.82, 2.24) is 4.31 Å². The van der Waals surface area contributed by atoms with Crippen molar-refractivity contribution in [1.29, 1.82) is 0 Å². The van der Waals surface area contributed by atoms with Crippen LogP contribution in [0.1, 0.15) is 0 Å². The van der Waals surface area contributed by atoms with Gasteiger partial charge in [-0.3, -0.25) is 0 Å². The van der Waals surface area contributed by atoms with Crippen LogP contribution in [0.4, 0.5) is 0 Å². The van der Waals surface area contributed by atoms with Gasteiger partial charge in [0.2, 0.25) is 0 Å². The Balaban J connectivity index is 2.53. The standard InChI is InChI=1S/C9H12BrNOS/c1-11(5-6-12)13-9-4-2-3-8(10)7-9/h2-4,7,12H,5-6H2,1H3. The first kappa shape index (κ1) is 11.0. The monoisotopic (exact) mass is 261 g/mol. The van der Waals surface area contributed by atoms with E-state index in [0.29, 0.717) is 6.54 Å². The molecule has 0 atom stereocenters. The second-order valence-corrected chi connectivity index (χ2v) is 4.82. The van der Waals surface area contributed by atoms with E-state index >= 15 is 0 Å². The molecule has 0 saturated heterocycles. The molecule has 72 valence electrons. The quantitative estimate of drug-likeness (QED) is 0.843. The van der Waals surface area contributed by atoms with Gasteiger partial charge in [-0.1, -0.05) is 22.0 Å². The molecule has 1 aromatic rings. The van der Waals surface area contributed by atoms with Crippen molar-refractivity contribution >= 4 is 27.9 Å². The van der Waals surface area contributed by atoms with Crippen LogP contribution in [0, 0.1) is 0 Å². The molecule has 1 N–H and O–H groups in total. The summed E-state index contributed by atoms with van der Waals surface area (Å²) in [5.74, 6) is 0. The SMILES string of the molecule is CN(CCO)Sc1cccc(Br)c1. The molecule has 0 unspecified atom stereocenters. The number of hydrogen-bond acceptors (Lipinski definition) is 3. The smallest absolute Gasteiger partial charge is 0.0567 e. The summed E-state index contributed by atoms with van der Waals surface area (Å²) in [6.45, 7) is 0.870. The lowest BCUT2D eigenvalue weighted by molar-refractivity contribution is 0.273. The van der Waals surface area contributed by atoms with Gasteiger partial charge >= 0.3 is 0 Å². The summed E-state index contributed by atoms with van der Waals surface area (Å²) in [7, 11) is 1.96. The molecule has 0 aliphatic heterocycles. The minimum atomic E-state index is 0.192. The van der Waals surface area contributed by atoms with E-state index in [1.54, 1.807) is 11.9 Å².